The molecule has 40 heavy (non-hydrogen) atoms. The van der Waals surface area contributed by atoms with E-state index >= 15 is 0 Å². The van der Waals surface area contributed by atoms with E-state index in [9.17, 15) is 24.0 Å². The van der Waals surface area contributed by atoms with Gasteiger partial charge in [0.2, 0.25) is 5.76 Å². The molecule has 12 heteroatoms. The van der Waals surface area contributed by atoms with Gasteiger partial charge in [0.1, 0.15) is 12.3 Å². The van der Waals surface area contributed by atoms with E-state index in [1.165, 1.54) is 60.9 Å². The fourth-order valence-corrected chi connectivity index (χ4v) is 6.14. The van der Waals surface area contributed by atoms with Crippen LogP contribution < -0.4 is 4.74 Å². The van der Waals surface area contributed by atoms with Crippen LogP contribution in [-0.2, 0) is 9.59 Å². The Morgan fingerprint density at radius 3 is 2.02 bits per heavy atom. The van der Waals surface area contributed by atoms with Crippen LogP contribution in [0.1, 0.15) is 44.1 Å². The van der Waals surface area contributed by atoms with Gasteiger partial charge in [-0.3, -0.25) is 19.2 Å². The first-order chi connectivity index (χ1) is 19.1. The summed E-state index contributed by atoms with van der Waals surface area (Å²) in [6.07, 6.45) is 2.17. The number of hydrogen-bond acceptors (Lipinski definition) is 7. The second kappa shape index (κ2) is 11.7. The molecule has 3 aromatic rings. The lowest BCUT2D eigenvalue weighted by Crippen LogP contribution is -2.52. The van der Waals surface area contributed by atoms with E-state index < -0.39 is 47.9 Å². The summed E-state index contributed by atoms with van der Waals surface area (Å²) in [7, 11) is 0. The zero-order chi connectivity index (χ0) is 28.6. The molecule has 2 aliphatic rings. The largest absolute Gasteiger partial charge is 0.457 e. The van der Waals surface area contributed by atoms with Crippen molar-refractivity contribution >= 4 is 72.9 Å². The number of esters is 1. The van der Waals surface area contributed by atoms with E-state index in [4.69, 9.17) is 20.8 Å². The number of hydrazine groups is 1. The van der Waals surface area contributed by atoms with Gasteiger partial charge in [-0.15, -0.1) is 0 Å². The number of furan rings is 1. The molecule has 5 rings (SSSR count). The quantitative estimate of drug-likeness (QED) is 0.108. The van der Waals surface area contributed by atoms with Crippen molar-refractivity contribution in [1.82, 2.24) is 10.0 Å². The molecule has 3 amide bonds. The third kappa shape index (κ3) is 5.63. The van der Waals surface area contributed by atoms with Gasteiger partial charge in [0.25, 0.3) is 17.7 Å². The third-order valence-corrected chi connectivity index (χ3v) is 9.84. The van der Waals surface area contributed by atoms with Crippen LogP contribution in [0.25, 0.3) is 0 Å². The van der Waals surface area contributed by atoms with Gasteiger partial charge in [-0.05, 0) is 73.5 Å². The summed E-state index contributed by atoms with van der Waals surface area (Å²) in [5, 5.41) is 2.14. The molecule has 1 aromatic heterocycles. The number of halogens is 3. The van der Waals surface area contributed by atoms with Crippen LogP contribution in [0.15, 0.2) is 71.3 Å². The highest BCUT2D eigenvalue weighted by molar-refractivity contribution is 9.12. The van der Waals surface area contributed by atoms with Crippen molar-refractivity contribution in [3.8, 4) is 5.75 Å². The summed E-state index contributed by atoms with van der Waals surface area (Å²) in [4.78, 5) is 66.0. The van der Waals surface area contributed by atoms with E-state index in [1.54, 1.807) is 6.07 Å². The number of fused-ring (bicyclic) bond motifs is 1. The number of rotatable bonds is 7. The number of ether oxygens (including phenoxy) is 1. The molecular formula is C28H21Br2ClN2O7. The molecule has 1 aliphatic heterocycles. The molecule has 9 nitrogen and oxygen atoms in total. The second-order valence-corrected chi connectivity index (χ2v) is 12.2. The maximum absolute atomic E-state index is 13.6. The zero-order valence-corrected chi connectivity index (χ0v) is 24.6. The number of carbonyl (C=O) groups excluding carboxylic acids is 5. The average molecular weight is 693 g/mol. The summed E-state index contributed by atoms with van der Waals surface area (Å²) >= 11 is 13.1. The Morgan fingerprint density at radius 2 is 1.48 bits per heavy atom. The van der Waals surface area contributed by atoms with Crippen LogP contribution in [0.4, 0.5) is 0 Å². The predicted molar refractivity (Wildman–Crippen MR) is 150 cm³/mol. The standard InChI is InChI=1S/C28H21Br2ClN2O7/c29-21-12-19-20(13-22(21)30)27(37)33(26(19)36)32(25(35)16-3-7-17(31)8-4-16)14-23(34)15-5-9-18(10-6-15)40-28(38)24-2-1-11-39-24/h1-11,19-22H,12-14H2/t19-,20+,21+,22-. The lowest BCUT2D eigenvalue weighted by Gasteiger charge is -2.30. The molecule has 2 aromatic carbocycles. The Morgan fingerprint density at radius 1 is 0.900 bits per heavy atom. The van der Waals surface area contributed by atoms with Gasteiger partial charge in [-0.1, -0.05) is 43.5 Å². The highest BCUT2D eigenvalue weighted by atomic mass is 79.9. The number of carbonyl (C=O) groups is 5. The molecule has 0 bridgehead atoms. The summed E-state index contributed by atoms with van der Waals surface area (Å²) in [6.45, 7) is -0.570. The molecule has 206 valence electrons. The molecule has 0 unspecified atom stereocenters. The number of amides is 3. The maximum Gasteiger partial charge on any atom is 0.379 e. The predicted octanol–water partition coefficient (Wildman–Crippen LogP) is 5.31. The third-order valence-electron chi connectivity index (χ3n) is 6.86. The van der Waals surface area contributed by atoms with Crippen molar-refractivity contribution < 1.29 is 33.1 Å². The van der Waals surface area contributed by atoms with Gasteiger partial charge in [0.05, 0.1) is 18.1 Å². The molecule has 1 aliphatic carbocycles. The second-order valence-electron chi connectivity index (χ2n) is 9.39. The Balaban J connectivity index is 1.39. The van der Waals surface area contributed by atoms with Gasteiger partial charge in [0, 0.05) is 25.8 Å². The molecule has 0 spiro atoms. The molecule has 1 saturated carbocycles. The van der Waals surface area contributed by atoms with Gasteiger partial charge in [-0.25, -0.2) is 9.80 Å². The van der Waals surface area contributed by atoms with Crippen LogP contribution in [-0.4, -0.2) is 55.7 Å². The lowest BCUT2D eigenvalue weighted by atomic mass is 9.81. The van der Waals surface area contributed by atoms with E-state index in [2.05, 4.69) is 31.9 Å². The lowest BCUT2D eigenvalue weighted by molar-refractivity contribution is -0.154. The zero-order valence-electron chi connectivity index (χ0n) is 20.7. The molecule has 2 fully saturated rings. The average Bonchev–Trinajstić information content (AvgIpc) is 3.56. The number of Topliss-reactive ketones (excluding diaryl/α,β-unsaturated/α-hetero) is 1. The summed E-state index contributed by atoms with van der Waals surface area (Å²) in [5.41, 5.74) is 0.342. The maximum atomic E-state index is 13.6. The molecule has 2 heterocycles. The molecule has 0 radical (unpaired) electrons. The Labute approximate surface area is 250 Å². The van der Waals surface area contributed by atoms with Gasteiger partial charge < -0.3 is 9.15 Å². The van der Waals surface area contributed by atoms with Gasteiger partial charge >= 0.3 is 5.97 Å². The van der Waals surface area contributed by atoms with E-state index in [0.29, 0.717) is 17.9 Å². The number of imide groups is 1. The van der Waals surface area contributed by atoms with E-state index in [0.717, 1.165) is 10.0 Å². The Bertz CT molecular complexity index is 1430. The van der Waals surface area contributed by atoms with E-state index in [-0.39, 0.29) is 32.3 Å². The highest BCUT2D eigenvalue weighted by Crippen LogP contribution is 2.43. The molecule has 4 atom stereocenters. The number of ketones is 1. The number of nitrogens with zero attached hydrogens (tertiary/aromatic N) is 2. The van der Waals surface area contributed by atoms with Crippen molar-refractivity contribution in [3.63, 3.8) is 0 Å². The van der Waals surface area contributed by atoms with Crippen LogP contribution in [0.5, 0.6) is 5.75 Å². The highest BCUT2D eigenvalue weighted by Gasteiger charge is 2.54. The minimum absolute atomic E-state index is 0.0205. The van der Waals surface area contributed by atoms with Crippen LogP contribution in [0.2, 0.25) is 5.02 Å². The smallest absolute Gasteiger partial charge is 0.379 e. The SMILES string of the molecule is O=C(CN(C(=O)c1ccc(Cl)cc1)N1C(=O)[C@H]2C[C@@H](Br)[C@@H](Br)C[C@H]2C1=O)c1ccc(OC(=O)c2ccco2)cc1. The van der Waals surface area contributed by atoms with Gasteiger partial charge in [0.15, 0.2) is 5.78 Å². The fourth-order valence-electron chi connectivity index (χ4n) is 4.78. The first kappa shape index (κ1) is 28.3. The molecule has 0 N–H and O–H groups in total. The number of alkyl halides is 2. The Hall–Kier alpha value is -3.28. The van der Waals surface area contributed by atoms with Gasteiger partial charge in [-0.2, -0.15) is 5.01 Å². The summed E-state index contributed by atoms with van der Waals surface area (Å²) in [6, 6.07) is 14.7. The monoisotopic (exact) mass is 690 g/mol. The van der Waals surface area contributed by atoms with Crippen LogP contribution >= 0.6 is 43.5 Å². The van der Waals surface area contributed by atoms with Crippen molar-refractivity contribution in [1.29, 1.82) is 0 Å². The van der Waals surface area contributed by atoms with Crippen molar-refractivity contribution in [2.24, 2.45) is 11.8 Å². The van der Waals surface area contributed by atoms with Crippen molar-refractivity contribution in [2.45, 2.75) is 22.5 Å². The van der Waals surface area contributed by atoms with Crippen molar-refractivity contribution in [2.75, 3.05) is 6.54 Å². The summed E-state index contributed by atoms with van der Waals surface area (Å²) in [5.74, 6) is -3.98. The van der Waals surface area contributed by atoms with Crippen LogP contribution in [0, 0.1) is 11.8 Å². The minimum atomic E-state index is -0.701. The van der Waals surface area contributed by atoms with Crippen molar-refractivity contribution in [3.05, 3.63) is 88.8 Å². The topological polar surface area (TPSA) is 114 Å². The number of benzene rings is 2. The number of hydrogen-bond donors (Lipinski definition) is 0. The van der Waals surface area contributed by atoms with Crippen LogP contribution in [0.3, 0.4) is 0 Å². The molecule has 1 saturated heterocycles. The molecular weight excluding hydrogens is 672 g/mol. The first-order valence-corrected chi connectivity index (χ1v) is 14.5. The Kier molecular flexibility index (Phi) is 8.25. The first-order valence-electron chi connectivity index (χ1n) is 12.3. The summed E-state index contributed by atoms with van der Waals surface area (Å²) < 4.78 is 10.2. The van der Waals surface area contributed by atoms with E-state index in [1.807, 2.05) is 0 Å². The minimum Gasteiger partial charge on any atom is -0.457 e. The fraction of sp³-hybridized carbons (Fsp3) is 0.250. The normalized spacial score (nSPS) is 22.1.